The molecule has 2 aromatic carbocycles. The normalized spacial score (nSPS) is 18.8. The second-order valence-corrected chi connectivity index (χ2v) is 10.5. The molecule has 8 heteroatoms. The Labute approximate surface area is 223 Å². The van der Waals surface area contributed by atoms with Crippen LogP contribution in [0.5, 0.6) is 23.1 Å². The summed E-state index contributed by atoms with van der Waals surface area (Å²) in [6, 6.07) is 12.4. The molecule has 1 unspecified atom stereocenters. The zero-order valence-corrected chi connectivity index (χ0v) is 22.4. The maximum Gasteiger partial charge on any atom is 0.230 e. The Morgan fingerprint density at radius 2 is 1.82 bits per heavy atom. The largest absolute Gasteiger partial charge is 0.493 e. The number of ether oxygens (including phenoxy) is 3. The van der Waals surface area contributed by atoms with Gasteiger partial charge in [-0.05, 0) is 82.6 Å². The van der Waals surface area contributed by atoms with Crippen LogP contribution in [0.15, 0.2) is 42.7 Å². The Balaban J connectivity index is 1.18. The monoisotopic (exact) mass is 515 g/mol. The number of nitrogens with one attached hydrogen (secondary N) is 1. The van der Waals surface area contributed by atoms with Crippen molar-refractivity contribution < 1.29 is 14.2 Å². The third-order valence-corrected chi connectivity index (χ3v) is 7.91. The van der Waals surface area contributed by atoms with Crippen LogP contribution in [-0.4, -0.2) is 77.2 Å². The molecule has 2 aliphatic rings. The number of likely N-dealkylation sites (tertiary alicyclic amines) is 2. The Kier molecular flexibility index (Phi) is 7.33. The number of nitrogens with zero attached hydrogens (tertiary/aromatic N) is 4. The van der Waals surface area contributed by atoms with Crippen LogP contribution in [0.1, 0.15) is 37.8 Å². The zero-order chi connectivity index (χ0) is 25.9. The summed E-state index contributed by atoms with van der Waals surface area (Å²) in [4.78, 5) is 17.5. The molecule has 2 aliphatic heterocycles. The summed E-state index contributed by atoms with van der Waals surface area (Å²) in [5, 5.41) is 1.88. The van der Waals surface area contributed by atoms with Crippen molar-refractivity contribution in [3.63, 3.8) is 0 Å². The van der Waals surface area contributed by atoms with Gasteiger partial charge in [-0.1, -0.05) is 6.42 Å². The summed E-state index contributed by atoms with van der Waals surface area (Å²) in [5.41, 5.74) is 2.96. The van der Waals surface area contributed by atoms with Crippen LogP contribution in [0, 0.1) is 6.92 Å². The Bertz CT molecular complexity index is 1400. The highest BCUT2D eigenvalue weighted by Crippen LogP contribution is 2.37. The average Bonchev–Trinajstić information content (AvgIpc) is 3.59. The lowest BCUT2D eigenvalue weighted by Gasteiger charge is -2.36. The third kappa shape index (κ3) is 5.42. The predicted octanol–water partition coefficient (Wildman–Crippen LogP) is 5.55. The minimum Gasteiger partial charge on any atom is -0.493 e. The summed E-state index contributed by atoms with van der Waals surface area (Å²) < 4.78 is 18.4. The smallest absolute Gasteiger partial charge is 0.230 e. The standard InChI is InChI=1S/C30H37N5O3/c1-21-15-22-16-24(8-9-26(22)33-21)38-30-25-17-28(36-2)29(18-27(25)31-20-32-30)37-19-23-7-3-4-12-35(23)14-13-34-10-5-6-11-34/h8-9,15-18,20,23,33H,3-7,10-14,19H2,1-2H3. The van der Waals surface area contributed by atoms with Gasteiger partial charge in [0.05, 0.1) is 18.0 Å². The minimum absolute atomic E-state index is 0.419. The highest BCUT2D eigenvalue weighted by molar-refractivity contribution is 5.87. The van der Waals surface area contributed by atoms with Crippen molar-refractivity contribution in [2.45, 2.75) is 45.1 Å². The van der Waals surface area contributed by atoms with Crippen molar-refractivity contribution in [2.24, 2.45) is 0 Å². The van der Waals surface area contributed by atoms with E-state index < -0.39 is 0 Å². The number of aromatic amines is 1. The number of piperidine rings is 1. The molecule has 0 aliphatic carbocycles. The first kappa shape index (κ1) is 24.9. The van der Waals surface area contributed by atoms with Crippen molar-refractivity contribution in [1.82, 2.24) is 24.8 Å². The molecule has 1 N–H and O–H groups in total. The Morgan fingerprint density at radius 1 is 0.947 bits per heavy atom. The number of aromatic nitrogens is 3. The van der Waals surface area contributed by atoms with E-state index in [1.165, 1.54) is 51.5 Å². The molecule has 38 heavy (non-hydrogen) atoms. The van der Waals surface area contributed by atoms with Gasteiger partial charge in [-0.3, -0.25) is 4.90 Å². The summed E-state index contributed by atoms with van der Waals surface area (Å²) in [6.07, 6.45) is 7.91. The lowest BCUT2D eigenvalue weighted by atomic mass is 10.0. The molecule has 0 radical (unpaired) electrons. The molecule has 1 atom stereocenters. The maximum atomic E-state index is 6.40. The number of benzene rings is 2. The van der Waals surface area contributed by atoms with Crippen molar-refractivity contribution in [3.05, 3.63) is 48.4 Å². The van der Waals surface area contributed by atoms with E-state index in [1.807, 2.05) is 37.3 Å². The molecule has 6 rings (SSSR count). The molecule has 4 heterocycles. The van der Waals surface area contributed by atoms with Gasteiger partial charge in [-0.25, -0.2) is 9.97 Å². The van der Waals surface area contributed by atoms with Crippen LogP contribution in [0.25, 0.3) is 21.8 Å². The van der Waals surface area contributed by atoms with Gasteiger partial charge in [0.2, 0.25) is 5.88 Å². The first-order chi connectivity index (χ1) is 18.7. The number of methoxy groups -OCH3 is 1. The number of H-pyrrole nitrogens is 1. The van der Waals surface area contributed by atoms with Gasteiger partial charge in [-0.15, -0.1) is 0 Å². The Hall–Kier alpha value is -3.36. The first-order valence-corrected chi connectivity index (χ1v) is 13.9. The summed E-state index contributed by atoms with van der Waals surface area (Å²) in [5.74, 6) is 2.58. The molecule has 4 aromatic rings. The summed E-state index contributed by atoms with van der Waals surface area (Å²) >= 11 is 0. The molecule has 0 spiro atoms. The lowest BCUT2D eigenvalue weighted by Crippen LogP contribution is -2.46. The second-order valence-electron chi connectivity index (χ2n) is 10.5. The number of hydrogen-bond donors (Lipinski definition) is 1. The molecule has 0 amide bonds. The molecule has 2 saturated heterocycles. The highest BCUT2D eigenvalue weighted by atomic mass is 16.5. The number of fused-ring (bicyclic) bond motifs is 2. The van der Waals surface area contributed by atoms with Crippen LogP contribution in [-0.2, 0) is 0 Å². The topological polar surface area (TPSA) is 75.7 Å². The minimum atomic E-state index is 0.419. The SMILES string of the molecule is COc1cc2c(Oc3ccc4[nH]c(C)cc4c3)ncnc2cc1OCC1CCCCN1CCN1CCCC1. The Morgan fingerprint density at radius 3 is 2.68 bits per heavy atom. The van der Waals surface area contributed by atoms with E-state index in [4.69, 9.17) is 14.2 Å². The molecular formula is C30H37N5O3. The fraction of sp³-hybridized carbons (Fsp3) is 0.467. The van der Waals surface area contributed by atoms with Crippen LogP contribution in [0.2, 0.25) is 0 Å². The van der Waals surface area contributed by atoms with Crippen LogP contribution in [0.4, 0.5) is 0 Å². The quantitative estimate of drug-likeness (QED) is 0.313. The fourth-order valence-corrected chi connectivity index (χ4v) is 5.83. The number of rotatable bonds is 9. The molecule has 2 fully saturated rings. The second kappa shape index (κ2) is 11.2. The molecule has 0 saturated carbocycles. The van der Waals surface area contributed by atoms with Crippen molar-refractivity contribution in [2.75, 3.05) is 46.4 Å². The number of aryl methyl sites for hydroxylation is 1. The molecule has 8 nitrogen and oxygen atoms in total. The van der Waals surface area contributed by atoms with Crippen LogP contribution in [0.3, 0.4) is 0 Å². The molecule has 200 valence electrons. The average molecular weight is 516 g/mol. The highest BCUT2D eigenvalue weighted by Gasteiger charge is 2.25. The third-order valence-electron chi connectivity index (χ3n) is 7.91. The van der Waals surface area contributed by atoms with Gasteiger partial charge in [0.1, 0.15) is 18.7 Å². The van der Waals surface area contributed by atoms with Gasteiger partial charge < -0.3 is 24.1 Å². The van der Waals surface area contributed by atoms with Gasteiger partial charge in [-0.2, -0.15) is 0 Å². The van der Waals surface area contributed by atoms with Crippen molar-refractivity contribution in [1.29, 1.82) is 0 Å². The van der Waals surface area contributed by atoms with Gasteiger partial charge in [0.15, 0.2) is 11.5 Å². The first-order valence-electron chi connectivity index (χ1n) is 13.9. The lowest BCUT2D eigenvalue weighted by molar-refractivity contribution is 0.0893. The van der Waals surface area contributed by atoms with E-state index in [1.54, 1.807) is 7.11 Å². The summed E-state index contributed by atoms with van der Waals surface area (Å²) in [7, 11) is 1.67. The molecular weight excluding hydrogens is 478 g/mol. The van der Waals surface area contributed by atoms with Gasteiger partial charge in [0, 0.05) is 41.8 Å². The van der Waals surface area contributed by atoms with E-state index >= 15 is 0 Å². The van der Waals surface area contributed by atoms with E-state index in [2.05, 4.69) is 30.8 Å². The van der Waals surface area contributed by atoms with Gasteiger partial charge in [0.25, 0.3) is 0 Å². The van der Waals surface area contributed by atoms with E-state index in [9.17, 15) is 0 Å². The maximum absolute atomic E-state index is 6.40. The van der Waals surface area contributed by atoms with E-state index in [0.717, 1.165) is 52.9 Å². The zero-order valence-electron chi connectivity index (χ0n) is 22.4. The molecule has 2 aromatic heterocycles. The number of hydrogen-bond acceptors (Lipinski definition) is 7. The van der Waals surface area contributed by atoms with E-state index in [-0.39, 0.29) is 0 Å². The van der Waals surface area contributed by atoms with E-state index in [0.29, 0.717) is 30.0 Å². The predicted molar refractivity (Wildman–Crippen MR) is 150 cm³/mol. The van der Waals surface area contributed by atoms with Crippen LogP contribution >= 0.6 is 0 Å². The van der Waals surface area contributed by atoms with Crippen molar-refractivity contribution >= 4 is 21.8 Å². The van der Waals surface area contributed by atoms with Crippen molar-refractivity contribution in [3.8, 4) is 23.1 Å². The summed E-state index contributed by atoms with van der Waals surface area (Å²) in [6.45, 7) is 8.61. The van der Waals surface area contributed by atoms with Gasteiger partial charge >= 0.3 is 0 Å². The molecule has 0 bridgehead atoms. The van der Waals surface area contributed by atoms with Crippen LogP contribution < -0.4 is 14.2 Å². The fourth-order valence-electron chi connectivity index (χ4n) is 5.83.